The van der Waals surface area contributed by atoms with E-state index in [4.69, 9.17) is 0 Å². The number of hydrogen-bond acceptors (Lipinski definition) is 5. The van der Waals surface area contributed by atoms with Gasteiger partial charge < -0.3 is 15.0 Å². The van der Waals surface area contributed by atoms with Crippen LogP contribution in [-0.2, 0) is 4.79 Å². The number of pyridine rings is 1. The molecule has 0 atom stereocenters. The van der Waals surface area contributed by atoms with Crippen molar-refractivity contribution in [1.29, 1.82) is 0 Å². The molecule has 1 N–H and O–H groups in total. The van der Waals surface area contributed by atoms with Crippen LogP contribution in [0, 0.1) is 0 Å². The molecule has 2 rings (SSSR count). The number of hydrogen-bond donors (Lipinski definition) is 1. The van der Waals surface area contributed by atoms with E-state index in [0.717, 1.165) is 11.1 Å². The standard InChI is InChI=1S/C18H18F3N3O3S/c1-24(10-15(25)23-13-5-3-4-6-14(13)28-2)17(26)12-7-8-16(22-9-12)27-11-18(19,20)21/h3-9H,10-11H2,1-2H3,(H,23,25). The maximum atomic E-state index is 12.4. The van der Waals surface area contributed by atoms with E-state index in [1.165, 1.54) is 35.8 Å². The van der Waals surface area contributed by atoms with Crippen LogP contribution in [0.5, 0.6) is 5.88 Å². The van der Waals surface area contributed by atoms with E-state index in [2.05, 4.69) is 15.0 Å². The second-order valence-corrected chi connectivity index (χ2v) is 6.55. The molecule has 28 heavy (non-hydrogen) atoms. The number of carbonyl (C=O) groups is 2. The lowest BCUT2D eigenvalue weighted by Crippen LogP contribution is -2.35. The molecule has 0 fully saturated rings. The van der Waals surface area contributed by atoms with Crippen molar-refractivity contribution in [1.82, 2.24) is 9.88 Å². The number of aromatic nitrogens is 1. The number of likely N-dealkylation sites (N-methyl/N-ethyl adjacent to an activating group) is 1. The molecule has 0 spiro atoms. The summed E-state index contributed by atoms with van der Waals surface area (Å²) in [6, 6.07) is 9.73. The zero-order valence-electron chi connectivity index (χ0n) is 15.1. The first-order valence-corrected chi connectivity index (χ1v) is 9.26. The fourth-order valence-corrected chi connectivity index (χ4v) is 2.75. The summed E-state index contributed by atoms with van der Waals surface area (Å²) in [5, 5.41) is 2.74. The number of benzene rings is 1. The Balaban J connectivity index is 1.93. The Bertz CT molecular complexity index is 829. The van der Waals surface area contributed by atoms with Gasteiger partial charge in [-0.3, -0.25) is 9.59 Å². The summed E-state index contributed by atoms with van der Waals surface area (Å²) in [7, 11) is 1.44. The first-order chi connectivity index (χ1) is 13.2. The van der Waals surface area contributed by atoms with Crippen LogP contribution in [-0.4, -0.2) is 54.3 Å². The van der Waals surface area contributed by atoms with Crippen LogP contribution in [0.3, 0.4) is 0 Å². The average Bonchev–Trinajstić information content (AvgIpc) is 2.66. The van der Waals surface area contributed by atoms with E-state index in [0.29, 0.717) is 5.69 Å². The molecule has 1 aromatic heterocycles. The average molecular weight is 413 g/mol. The molecule has 0 saturated heterocycles. The lowest BCUT2D eigenvalue weighted by Gasteiger charge is -2.17. The number of nitrogens with one attached hydrogen (secondary N) is 1. The summed E-state index contributed by atoms with van der Waals surface area (Å²) in [6.07, 6.45) is -1.49. The van der Waals surface area contributed by atoms with Gasteiger partial charge in [0, 0.05) is 24.2 Å². The number of amides is 2. The quantitative estimate of drug-likeness (QED) is 0.704. The third kappa shape index (κ3) is 6.45. The smallest absolute Gasteiger partial charge is 0.422 e. The van der Waals surface area contributed by atoms with Crippen molar-refractivity contribution in [2.24, 2.45) is 0 Å². The Morgan fingerprint density at radius 2 is 1.93 bits per heavy atom. The Labute approximate surface area is 164 Å². The maximum absolute atomic E-state index is 12.4. The van der Waals surface area contributed by atoms with Crippen LogP contribution in [0.15, 0.2) is 47.5 Å². The van der Waals surface area contributed by atoms with Gasteiger partial charge in [0.25, 0.3) is 5.91 Å². The summed E-state index contributed by atoms with van der Waals surface area (Å²) in [5.41, 5.74) is 0.771. The van der Waals surface area contributed by atoms with Gasteiger partial charge in [0.2, 0.25) is 11.8 Å². The lowest BCUT2D eigenvalue weighted by atomic mass is 10.2. The minimum atomic E-state index is -4.47. The SMILES string of the molecule is CSc1ccccc1NC(=O)CN(C)C(=O)c1ccc(OCC(F)(F)F)nc1. The largest absolute Gasteiger partial charge is 0.468 e. The molecule has 0 radical (unpaired) electrons. The van der Waals surface area contributed by atoms with Gasteiger partial charge in [-0.05, 0) is 24.5 Å². The fourth-order valence-electron chi connectivity index (χ4n) is 2.19. The second kappa shape index (κ2) is 9.45. The van der Waals surface area contributed by atoms with Crippen LogP contribution in [0.2, 0.25) is 0 Å². The van der Waals surface area contributed by atoms with Crippen LogP contribution in [0.4, 0.5) is 18.9 Å². The maximum Gasteiger partial charge on any atom is 0.422 e. The van der Waals surface area contributed by atoms with Crippen molar-refractivity contribution in [3.05, 3.63) is 48.2 Å². The summed E-state index contributed by atoms with van der Waals surface area (Å²) >= 11 is 1.48. The Morgan fingerprint density at radius 3 is 2.54 bits per heavy atom. The third-order valence-corrected chi connectivity index (χ3v) is 4.27. The minimum absolute atomic E-state index is 0.124. The molecule has 10 heteroatoms. The van der Waals surface area contributed by atoms with E-state index in [1.807, 2.05) is 18.4 Å². The summed E-state index contributed by atoms with van der Waals surface area (Å²) < 4.78 is 40.9. The van der Waals surface area contributed by atoms with E-state index in [9.17, 15) is 22.8 Å². The number of carbonyl (C=O) groups excluding carboxylic acids is 2. The van der Waals surface area contributed by atoms with Crippen molar-refractivity contribution in [3.63, 3.8) is 0 Å². The number of alkyl halides is 3. The van der Waals surface area contributed by atoms with E-state index >= 15 is 0 Å². The highest BCUT2D eigenvalue weighted by Crippen LogP contribution is 2.24. The highest BCUT2D eigenvalue weighted by Gasteiger charge is 2.28. The Kier molecular flexibility index (Phi) is 7.27. The number of rotatable bonds is 7. The lowest BCUT2D eigenvalue weighted by molar-refractivity contribution is -0.154. The van der Waals surface area contributed by atoms with Gasteiger partial charge in [0.15, 0.2) is 6.61 Å². The molecule has 2 aromatic rings. The number of halogens is 3. The third-order valence-electron chi connectivity index (χ3n) is 3.48. The first-order valence-electron chi connectivity index (χ1n) is 8.03. The van der Waals surface area contributed by atoms with Crippen molar-refractivity contribution in [2.75, 3.05) is 31.8 Å². The summed E-state index contributed by atoms with van der Waals surface area (Å²) in [6.45, 7) is -1.67. The van der Waals surface area contributed by atoms with Crippen molar-refractivity contribution in [2.45, 2.75) is 11.1 Å². The van der Waals surface area contributed by atoms with E-state index in [1.54, 1.807) is 12.1 Å². The molecule has 1 heterocycles. The highest BCUT2D eigenvalue weighted by molar-refractivity contribution is 7.98. The minimum Gasteiger partial charge on any atom is -0.468 e. The molecule has 0 aliphatic carbocycles. The van der Waals surface area contributed by atoms with Gasteiger partial charge in [-0.25, -0.2) is 4.98 Å². The molecule has 1 aromatic carbocycles. The van der Waals surface area contributed by atoms with Gasteiger partial charge in [-0.15, -0.1) is 11.8 Å². The monoisotopic (exact) mass is 413 g/mol. The number of nitrogens with zero attached hydrogens (tertiary/aromatic N) is 2. The molecule has 0 aliphatic rings. The van der Waals surface area contributed by atoms with Crippen LogP contribution >= 0.6 is 11.8 Å². The normalized spacial score (nSPS) is 11.0. The molecule has 6 nitrogen and oxygen atoms in total. The molecule has 2 amide bonds. The number of para-hydroxylation sites is 1. The zero-order valence-corrected chi connectivity index (χ0v) is 15.9. The van der Waals surface area contributed by atoms with Crippen molar-refractivity contribution < 1.29 is 27.5 Å². The Morgan fingerprint density at radius 1 is 1.21 bits per heavy atom. The zero-order chi connectivity index (χ0) is 20.7. The molecule has 0 saturated carbocycles. The van der Waals surface area contributed by atoms with Crippen LogP contribution in [0.1, 0.15) is 10.4 Å². The molecular weight excluding hydrogens is 395 g/mol. The predicted octanol–water partition coefficient (Wildman–Crippen LogP) is 3.46. The van der Waals surface area contributed by atoms with Gasteiger partial charge in [0.1, 0.15) is 0 Å². The summed E-state index contributed by atoms with van der Waals surface area (Å²) in [4.78, 5) is 30.3. The van der Waals surface area contributed by atoms with Crippen molar-refractivity contribution >= 4 is 29.3 Å². The molecule has 0 unspecified atom stereocenters. The topological polar surface area (TPSA) is 71.5 Å². The summed E-state index contributed by atoms with van der Waals surface area (Å²) in [5.74, 6) is -1.12. The fraction of sp³-hybridized carbons (Fsp3) is 0.278. The predicted molar refractivity (Wildman–Crippen MR) is 99.6 cm³/mol. The second-order valence-electron chi connectivity index (χ2n) is 5.70. The number of thioether (sulfide) groups is 1. The number of anilines is 1. The molecule has 150 valence electrons. The number of ether oxygens (including phenoxy) is 1. The van der Waals surface area contributed by atoms with Gasteiger partial charge in [-0.1, -0.05) is 12.1 Å². The van der Waals surface area contributed by atoms with Crippen LogP contribution in [0.25, 0.3) is 0 Å². The first kappa shape index (κ1) is 21.5. The van der Waals surface area contributed by atoms with Gasteiger partial charge in [0.05, 0.1) is 17.8 Å². The molecule has 0 aliphatic heterocycles. The van der Waals surface area contributed by atoms with Gasteiger partial charge in [-0.2, -0.15) is 13.2 Å². The van der Waals surface area contributed by atoms with Crippen LogP contribution < -0.4 is 10.1 Å². The van der Waals surface area contributed by atoms with Crippen molar-refractivity contribution in [3.8, 4) is 5.88 Å². The van der Waals surface area contributed by atoms with Gasteiger partial charge >= 0.3 is 6.18 Å². The van der Waals surface area contributed by atoms with E-state index < -0.39 is 18.7 Å². The van der Waals surface area contributed by atoms with E-state index in [-0.39, 0.29) is 23.9 Å². The molecular formula is C18H18F3N3O3S. The Hall–Kier alpha value is -2.75. The molecule has 0 bridgehead atoms. The highest BCUT2D eigenvalue weighted by atomic mass is 32.2.